The van der Waals surface area contributed by atoms with E-state index < -0.39 is 0 Å². The smallest absolute Gasteiger partial charge is 0.235 e. The Labute approximate surface area is 156 Å². The molecule has 26 heavy (non-hydrogen) atoms. The number of nitrogens with zero attached hydrogens (tertiary/aromatic N) is 2. The van der Waals surface area contributed by atoms with Crippen LogP contribution in [0.25, 0.3) is 0 Å². The second-order valence-corrected chi connectivity index (χ2v) is 8.21. The van der Waals surface area contributed by atoms with Crippen LogP contribution in [-0.2, 0) is 14.4 Å². The summed E-state index contributed by atoms with van der Waals surface area (Å²) in [6.07, 6.45) is 5.42. The number of rotatable bonds is 3. The van der Waals surface area contributed by atoms with Crippen LogP contribution >= 0.6 is 11.6 Å². The fraction of sp³-hybridized carbons (Fsp3) is 0.450. The average Bonchev–Trinajstić information content (AvgIpc) is 3.40. The number of anilines is 1. The SMILES string of the molecule is CC(=O)N(CN1C(=O)[C@@H]2[C@H]3C=C[C@@H]([C@@H]4C[C@@H]34)[C@H]2C1=O)c1ccccc1Cl. The number of halogens is 1. The first kappa shape index (κ1) is 16.1. The summed E-state index contributed by atoms with van der Waals surface area (Å²) in [6, 6.07) is 6.98. The maximum Gasteiger partial charge on any atom is 0.235 e. The molecule has 5 aliphatic rings. The molecule has 1 aliphatic heterocycles. The molecule has 1 aromatic rings. The van der Waals surface area contributed by atoms with Gasteiger partial charge in [-0.3, -0.25) is 24.2 Å². The Hall–Kier alpha value is -2.14. The highest BCUT2D eigenvalue weighted by atomic mass is 35.5. The third-order valence-electron chi connectivity index (χ3n) is 6.56. The lowest BCUT2D eigenvalue weighted by molar-refractivity contribution is -0.140. The van der Waals surface area contributed by atoms with Gasteiger partial charge < -0.3 is 0 Å². The molecule has 3 amide bonds. The molecule has 1 saturated heterocycles. The number of imide groups is 1. The van der Waals surface area contributed by atoms with Gasteiger partial charge in [0, 0.05) is 6.92 Å². The number of benzene rings is 1. The fourth-order valence-electron chi connectivity index (χ4n) is 5.32. The topological polar surface area (TPSA) is 57.7 Å². The van der Waals surface area contributed by atoms with E-state index in [9.17, 15) is 14.4 Å². The van der Waals surface area contributed by atoms with Crippen LogP contribution < -0.4 is 4.90 Å². The number of carbonyl (C=O) groups excluding carboxylic acids is 3. The lowest BCUT2D eigenvalue weighted by Crippen LogP contribution is -2.44. The van der Waals surface area contributed by atoms with E-state index in [-0.39, 0.29) is 48.1 Å². The number of likely N-dealkylation sites (tertiary alicyclic amines) is 1. The molecule has 5 nitrogen and oxygen atoms in total. The van der Waals surface area contributed by atoms with Gasteiger partial charge in [0.15, 0.2) is 0 Å². The highest BCUT2D eigenvalue weighted by molar-refractivity contribution is 6.33. The van der Waals surface area contributed by atoms with Gasteiger partial charge >= 0.3 is 0 Å². The Morgan fingerprint density at radius 1 is 1.12 bits per heavy atom. The zero-order valence-electron chi connectivity index (χ0n) is 14.3. The Kier molecular flexibility index (Phi) is 3.35. The Morgan fingerprint density at radius 2 is 1.69 bits per heavy atom. The van der Waals surface area contributed by atoms with Gasteiger partial charge in [0.1, 0.15) is 6.67 Å². The summed E-state index contributed by atoms with van der Waals surface area (Å²) in [5, 5.41) is 0.419. The van der Waals surface area contributed by atoms with Crippen molar-refractivity contribution in [3.8, 4) is 0 Å². The fourth-order valence-corrected chi connectivity index (χ4v) is 5.55. The summed E-state index contributed by atoms with van der Waals surface area (Å²) in [4.78, 5) is 41.1. The maximum absolute atomic E-state index is 13.1. The summed E-state index contributed by atoms with van der Waals surface area (Å²) in [5.74, 6) is 0.474. The molecule has 134 valence electrons. The minimum absolute atomic E-state index is 0.0709. The number of hydrogen-bond acceptors (Lipinski definition) is 3. The summed E-state index contributed by atoms with van der Waals surface area (Å²) in [5.41, 5.74) is 0.515. The molecule has 6 heteroatoms. The van der Waals surface area contributed by atoms with Crippen molar-refractivity contribution in [2.45, 2.75) is 13.3 Å². The molecule has 6 atom stereocenters. The van der Waals surface area contributed by atoms with Crippen LogP contribution in [0, 0.1) is 35.5 Å². The van der Waals surface area contributed by atoms with Crippen LogP contribution in [0.4, 0.5) is 5.69 Å². The minimum atomic E-state index is -0.252. The van der Waals surface area contributed by atoms with E-state index in [1.807, 2.05) is 0 Å². The van der Waals surface area contributed by atoms with E-state index in [1.54, 1.807) is 24.3 Å². The Bertz CT molecular complexity index is 830. The van der Waals surface area contributed by atoms with E-state index in [0.29, 0.717) is 22.5 Å². The third-order valence-corrected chi connectivity index (χ3v) is 6.88. The molecule has 4 aliphatic carbocycles. The summed E-state index contributed by atoms with van der Waals surface area (Å²) >= 11 is 6.23. The van der Waals surface area contributed by atoms with Crippen molar-refractivity contribution in [1.29, 1.82) is 0 Å². The first-order valence-corrected chi connectivity index (χ1v) is 9.43. The van der Waals surface area contributed by atoms with Crippen molar-refractivity contribution < 1.29 is 14.4 Å². The molecule has 3 fully saturated rings. The van der Waals surface area contributed by atoms with Crippen molar-refractivity contribution in [3.05, 3.63) is 41.4 Å². The van der Waals surface area contributed by atoms with Crippen LogP contribution in [0.15, 0.2) is 36.4 Å². The number of amides is 3. The number of carbonyl (C=O) groups is 3. The van der Waals surface area contributed by atoms with Gasteiger partial charge in [0.2, 0.25) is 17.7 Å². The molecule has 1 aromatic carbocycles. The first-order valence-electron chi connectivity index (χ1n) is 9.05. The molecule has 0 N–H and O–H groups in total. The van der Waals surface area contributed by atoms with E-state index >= 15 is 0 Å². The van der Waals surface area contributed by atoms with E-state index in [0.717, 1.165) is 6.42 Å². The highest BCUT2D eigenvalue weighted by Gasteiger charge is 2.67. The van der Waals surface area contributed by atoms with Gasteiger partial charge in [-0.25, -0.2) is 0 Å². The van der Waals surface area contributed by atoms with Crippen molar-refractivity contribution in [1.82, 2.24) is 4.90 Å². The van der Waals surface area contributed by atoms with Gasteiger partial charge in [-0.05, 0) is 42.2 Å². The molecule has 0 unspecified atom stereocenters. The molecular formula is C20H19ClN2O3. The normalized spacial score (nSPS) is 36.2. The zero-order valence-corrected chi connectivity index (χ0v) is 15.1. The van der Waals surface area contributed by atoms with Gasteiger partial charge in [0.25, 0.3) is 0 Å². The van der Waals surface area contributed by atoms with Gasteiger partial charge in [-0.1, -0.05) is 35.9 Å². The van der Waals surface area contributed by atoms with E-state index in [4.69, 9.17) is 11.6 Å². The standard InChI is InChI=1S/C20H19ClN2O3/c1-10(24)22(16-5-3-2-4-15(16)21)9-23-19(25)17-11-6-7-12(14-8-13(11)14)18(17)20(23)26/h2-7,11-14,17-18H,8-9H2,1H3/t11-,12-,13-,14-,17+,18+/m0/s1. The first-order chi connectivity index (χ1) is 12.5. The molecule has 0 aromatic heterocycles. The van der Waals surface area contributed by atoms with Crippen molar-refractivity contribution in [2.24, 2.45) is 35.5 Å². The van der Waals surface area contributed by atoms with Crippen LogP contribution in [0.1, 0.15) is 13.3 Å². The van der Waals surface area contributed by atoms with Crippen LogP contribution in [0.2, 0.25) is 5.02 Å². The molecular weight excluding hydrogens is 352 g/mol. The van der Waals surface area contributed by atoms with Gasteiger partial charge in [0.05, 0.1) is 22.5 Å². The molecule has 2 saturated carbocycles. The van der Waals surface area contributed by atoms with E-state index in [2.05, 4.69) is 12.2 Å². The van der Waals surface area contributed by atoms with Crippen LogP contribution in [-0.4, -0.2) is 29.3 Å². The Morgan fingerprint density at radius 3 is 2.23 bits per heavy atom. The van der Waals surface area contributed by atoms with Gasteiger partial charge in [-0.2, -0.15) is 0 Å². The largest absolute Gasteiger partial charge is 0.292 e. The predicted molar refractivity (Wildman–Crippen MR) is 96.0 cm³/mol. The quantitative estimate of drug-likeness (QED) is 0.607. The van der Waals surface area contributed by atoms with Crippen molar-refractivity contribution in [2.75, 3.05) is 11.6 Å². The summed E-state index contributed by atoms with van der Waals surface area (Å²) in [6.45, 7) is 1.35. The molecule has 0 spiro atoms. The van der Waals surface area contributed by atoms with Crippen LogP contribution in [0.5, 0.6) is 0 Å². The average molecular weight is 371 g/mol. The number of hydrogen-bond donors (Lipinski definition) is 0. The predicted octanol–water partition coefficient (Wildman–Crippen LogP) is 2.70. The molecule has 6 rings (SSSR count). The molecule has 1 heterocycles. The number of para-hydroxylation sites is 1. The van der Waals surface area contributed by atoms with Gasteiger partial charge in [-0.15, -0.1) is 0 Å². The lowest BCUT2D eigenvalue weighted by atomic mass is 9.63. The zero-order chi connectivity index (χ0) is 18.2. The van der Waals surface area contributed by atoms with Crippen molar-refractivity contribution >= 4 is 35.0 Å². The molecule has 0 radical (unpaired) electrons. The highest BCUT2D eigenvalue weighted by Crippen LogP contribution is 2.65. The lowest BCUT2D eigenvalue weighted by Gasteiger charge is -2.37. The monoisotopic (exact) mass is 370 g/mol. The minimum Gasteiger partial charge on any atom is -0.292 e. The third kappa shape index (κ3) is 2.07. The summed E-state index contributed by atoms with van der Waals surface area (Å²) < 4.78 is 0. The van der Waals surface area contributed by atoms with Crippen molar-refractivity contribution in [3.63, 3.8) is 0 Å². The molecule has 2 bridgehead atoms. The number of allylic oxidation sites excluding steroid dienone is 2. The maximum atomic E-state index is 13.1. The van der Waals surface area contributed by atoms with Crippen LogP contribution in [0.3, 0.4) is 0 Å². The van der Waals surface area contributed by atoms with E-state index in [1.165, 1.54) is 16.7 Å². The second kappa shape index (κ2) is 5.43. The second-order valence-electron chi connectivity index (χ2n) is 7.80. The Balaban J connectivity index is 1.46. The summed E-state index contributed by atoms with van der Waals surface area (Å²) in [7, 11) is 0.